The Bertz CT molecular complexity index is 500. The number of carboxylic acid groups (broad SMARTS) is 1. The van der Waals surface area contributed by atoms with Gasteiger partial charge in [-0.2, -0.15) is 0 Å². The molecule has 0 aliphatic rings. The summed E-state index contributed by atoms with van der Waals surface area (Å²) in [6, 6.07) is 18.5. The van der Waals surface area contributed by atoms with Crippen molar-refractivity contribution in [2.75, 3.05) is 0 Å². The zero-order valence-electron chi connectivity index (χ0n) is 10.2. The van der Waals surface area contributed by atoms with Crippen molar-refractivity contribution in [3.8, 4) is 11.1 Å². The van der Waals surface area contributed by atoms with Gasteiger partial charge in [-0.25, -0.2) is 0 Å². The van der Waals surface area contributed by atoms with Crippen molar-refractivity contribution in [1.82, 2.24) is 0 Å². The summed E-state index contributed by atoms with van der Waals surface area (Å²) in [5.41, 5.74) is 3.59. The molecule has 0 amide bonds. The molecular formula is C16H16O2. The highest BCUT2D eigenvalue weighted by molar-refractivity contribution is 5.66. The third-order valence-electron chi connectivity index (χ3n) is 2.92. The molecule has 2 aromatic carbocycles. The van der Waals surface area contributed by atoms with E-state index in [-0.39, 0.29) is 6.42 Å². The predicted molar refractivity (Wildman–Crippen MR) is 72.5 cm³/mol. The second kappa shape index (κ2) is 6.01. The maximum atomic E-state index is 10.4. The molecular weight excluding hydrogens is 224 g/mol. The Balaban J connectivity index is 2.00. The lowest BCUT2D eigenvalue weighted by molar-refractivity contribution is -0.137. The average Bonchev–Trinajstić information content (AvgIpc) is 2.40. The van der Waals surface area contributed by atoms with Gasteiger partial charge >= 0.3 is 5.97 Å². The fraction of sp³-hybridized carbons (Fsp3) is 0.188. The number of carboxylic acids is 1. The minimum atomic E-state index is -0.726. The first kappa shape index (κ1) is 12.4. The molecule has 1 N–H and O–H groups in total. The quantitative estimate of drug-likeness (QED) is 0.864. The van der Waals surface area contributed by atoms with Crippen LogP contribution in [0.5, 0.6) is 0 Å². The van der Waals surface area contributed by atoms with Gasteiger partial charge in [-0.15, -0.1) is 0 Å². The Hall–Kier alpha value is -2.09. The summed E-state index contributed by atoms with van der Waals surface area (Å²) in [5.74, 6) is -0.726. The molecule has 2 rings (SSSR count). The number of aryl methyl sites for hydroxylation is 1. The zero-order valence-corrected chi connectivity index (χ0v) is 10.2. The number of carbonyl (C=O) groups is 1. The van der Waals surface area contributed by atoms with E-state index in [2.05, 4.69) is 36.4 Å². The maximum absolute atomic E-state index is 10.4. The van der Waals surface area contributed by atoms with E-state index < -0.39 is 5.97 Å². The largest absolute Gasteiger partial charge is 0.481 e. The summed E-state index contributed by atoms with van der Waals surface area (Å²) >= 11 is 0. The van der Waals surface area contributed by atoms with Gasteiger partial charge in [0.15, 0.2) is 0 Å². The third-order valence-corrected chi connectivity index (χ3v) is 2.92. The minimum Gasteiger partial charge on any atom is -0.481 e. The van der Waals surface area contributed by atoms with E-state index >= 15 is 0 Å². The number of benzene rings is 2. The zero-order chi connectivity index (χ0) is 12.8. The lowest BCUT2D eigenvalue weighted by Crippen LogP contribution is -1.95. The molecule has 0 saturated carbocycles. The lowest BCUT2D eigenvalue weighted by Gasteiger charge is -2.04. The molecule has 0 radical (unpaired) electrons. The predicted octanol–water partition coefficient (Wildman–Crippen LogP) is 3.76. The number of hydrogen-bond acceptors (Lipinski definition) is 1. The first-order chi connectivity index (χ1) is 8.75. The van der Waals surface area contributed by atoms with Crippen LogP contribution in [0.25, 0.3) is 11.1 Å². The standard InChI is InChI=1S/C16H16O2/c17-16(18)8-4-5-13-9-11-15(12-10-13)14-6-2-1-3-7-14/h1-3,6-7,9-12H,4-5,8H2,(H,17,18). The number of rotatable bonds is 5. The molecule has 0 unspecified atom stereocenters. The molecule has 0 aromatic heterocycles. The third kappa shape index (κ3) is 3.45. The van der Waals surface area contributed by atoms with E-state index in [4.69, 9.17) is 5.11 Å². The van der Waals surface area contributed by atoms with E-state index in [0.29, 0.717) is 6.42 Å². The van der Waals surface area contributed by atoms with Gasteiger partial charge in [0.2, 0.25) is 0 Å². The van der Waals surface area contributed by atoms with Gasteiger partial charge < -0.3 is 5.11 Å². The maximum Gasteiger partial charge on any atom is 0.303 e. The van der Waals surface area contributed by atoms with Crippen LogP contribution in [-0.4, -0.2) is 11.1 Å². The van der Waals surface area contributed by atoms with Gasteiger partial charge in [-0.1, -0.05) is 54.6 Å². The summed E-state index contributed by atoms with van der Waals surface area (Å²) in [6.45, 7) is 0. The van der Waals surface area contributed by atoms with E-state index in [1.165, 1.54) is 16.7 Å². The van der Waals surface area contributed by atoms with E-state index in [9.17, 15) is 4.79 Å². The molecule has 0 atom stereocenters. The Morgan fingerprint density at radius 1 is 0.889 bits per heavy atom. The van der Waals surface area contributed by atoms with Crippen molar-refractivity contribution < 1.29 is 9.90 Å². The summed E-state index contributed by atoms with van der Waals surface area (Å²) in [7, 11) is 0. The van der Waals surface area contributed by atoms with Crippen LogP contribution in [0.1, 0.15) is 18.4 Å². The van der Waals surface area contributed by atoms with Crippen LogP contribution in [0.3, 0.4) is 0 Å². The summed E-state index contributed by atoms with van der Waals surface area (Å²) in [6.07, 6.45) is 1.75. The van der Waals surface area contributed by atoms with E-state index in [0.717, 1.165) is 6.42 Å². The second-order valence-electron chi connectivity index (χ2n) is 4.31. The highest BCUT2D eigenvalue weighted by Gasteiger charge is 2.00. The molecule has 92 valence electrons. The first-order valence-corrected chi connectivity index (χ1v) is 6.12. The highest BCUT2D eigenvalue weighted by atomic mass is 16.4. The molecule has 0 heterocycles. The van der Waals surface area contributed by atoms with E-state index in [1.807, 2.05) is 18.2 Å². The first-order valence-electron chi connectivity index (χ1n) is 6.12. The Morgan fingerprint density at radius 2 is 1.50 bits per heavy atom. The normalized spacial score (nSPS) is 10.2. The van der Waals surface area contributed by atoms with Crippen LogP contribution in [0.4, 0.5) is 0 Å². The van der Waals surface area contributed by atoms with Crippen molar-refractivity contribution in [2.45, 2.75) is 19.3 Å². The van der Waals surface area contributed by atoms with Gasteiger partial charge in [-0.05, 0) is 29.5 Å². The van der Waals surface area contributed by atoms with Crippen LogP contribution in [0.15, 0.2) is 54.6 Å². The van der Waals surface area contributed by atoms with Crippen molar-refractivity contribution >= 4 is 5.97 Å². The average molecular weight is 240 g/mol. The fourth-order valence-electron chi connectivity index (χ4n) is 1.94. The molecule has 2 nitrogen and oxygen atoms in total. The van der Waals surface area contributed by atoms with Crippen molar-refractivity contribution in [2.24, 2.45) is 0 Å². The fourth-order valence-corrected chi connectivity index (χ4v) is 1.94. The Kier molecular flexibility index (Phi) is 4.13. The summed E-state index contributed by atoms with van der Waals surface area (Å²) in [4.78, 5) is 10.4. The number of hydrogen-bond donors (Lipinski definition) is 1. The van der Waals surface area contributed by atoms with Gasteiger partial charge in [0.1, 0.15) is 0 Å². The van der Waals surface area contributed by atoms with Gasteiger partial charge in [0.05, 0.1) is 0 Å². The Labute approximate surface area is 107 Å². The topological polar surface area (TPSA) is 37.3 Å². The molecule has 0 fully saturated rings. The minimum absolute atomic E-state index is 0.237. The van der Waals surface area contributed by atoms with Crippen molar-refractivity contribution in [3.63, 3.8) is 0 Å². The molecule has 0 bridgehead atoms. The monoisotopic (exact) mass is 240 g/mol. The van der Waals surface area contributed by atoms with Crippen LogP contribution >= 0.6 is 0 Å². The van der Waals surface area contributed by atoms with E-state index in [1.54, 1.807) is 0 Å². The molecule has 18 heavy (non-hydrogen) atoms. The molecule has 0 spiro atoms. The number of aliphatic carboxylic acids is 1. The molecule has 2 aromatic rings. The highest BCUT2D eigenvalue weighted by Crippen LogP contribution is 2.19. The van der Waals surface area contributed by atoms with Crippen LogP contribution < -0.4 is 0 Å². The van der Waals surface area contributed by atoms with Gasteiger partial charge in [0.25, 0.3) is 0 Å². The van der Waals surface area contributed by atoms with Gasteiger partial charge in [0, 0.05) is 6.42 Å². The Morgan fingerprint density at radius 3 is 2.11 bits per heavy atom. The van der Waals surface area contributed by atoms with Crippen molar-refractivity contribution in [3.05, 3.63) is 60.2 Å². The van der Waals surface area contributed by atoms with Gasteiger partial charge in [-0.3, -0.25) is 4.79 Å². The molecule has 2 heteroatoms. The van der Waals surface area contributed by atoms with Crippen LogP contribution in [-0.2, 0) is 11.2 Å². The molecule has 0 saturated heterocycles. The van der Waals surface area contributed by atoms with Crippen molar-refractivity contribution in [1.29, 1.82) is 0 Å². The summed E-state index contributed by atoms with van der Waals surface area (Å²) in [5, 5.41) is 8.58. The molecule has 0 aliphatic carbocycles. The molecule has 0 aliphatic heterocycles. The second-order valence-corrected chi connectivity index (χ2v) is 4.31. The van der Waals surface area contributed by atoms with Crippen LogP contribution in [0.2, 0.25) is 0 Å². The van der Waals surface area contributed by atoms with Crippen LogP contribution in [0, 0.1) is 0 Å². The smallest absolute Gasteiger partial charge is 0.303 e. The summed E-state index contributed by atoms with van der Waals surface area (Å²) < 4.78 is 0. The SMILES string of the molecule is O=C(O)CCCc1ccc(-c2ccccc2)cc1. The lowest BCUT2D eigenvalue weighted by atomic mass is 10.0.